The van der Waals surface area contributed by atoms with Gasteiger partial charge in [0.15, 0.2) is 5.88 Å². The molecule has 0 aliphatic rings. The molecule has 1 amide bonds. The number of halogens is 1. The second kappa shape index (κ2) is 12.1. The molecule has 2 N–H and O–H groups in total. The molecule has 1 aromatic heterocycles. The van der Waals surface area contributed by atoms with Crippen LogP contribution in [0.1, 0.15) is 16.7 Å². The van der Waals surface area contributed by atoms with Gasteiger partial charge in [-0.1, -0.05) is 24.3 Å². The summed E-state index contributed by atoms with van der Waals surface area (Å²) in [6, 6.07) is 18.3. The number of amides is 1. The van der Waals surface area contributed by atoms with E-state index in [0.717, 1.165) is 5.56 Å². The van der Waals surface area contributed by atoms with Gasteiger partial charge in [-0.05, 0) is 62.1 Å². The quantitative estimate of drug-likeness (QED) is 0.275. The van der Waals surface area contributed by atoms with Gasteiger partial charge in [0.1, 0.15) is 5.82 Å². The van der Waals surface area contributed by atoms with Gasteiger partial charge in [-0.3, -0.25) is 9.10 Å². The summed E-state index contributed by atoms with van der Waals surface area (Å²) in [6.45, 7) is 0.843. The third kappa shape index (κ3) is 7.11. The molecule has 11 heteroatoms. The number of nitrogens with zero attached hydrogens (tertiary/aromatic N) is 4. The number of aliphatic imine (C=N–C) groups is 1. The number of nitrogens with one attached hydrogen (secondary N) is 1. The highest BCUT2D eigenvalue weighted by atomic mass is 32.2. The van der Waals surface area contributed by atoms with Crippen LogP contribution in [0.4, 0.5) is 15.8 Å². The summed E-state index contributed by atoms with van der Waals surface area (Å²) >= 11 is 0. The number of hydrogen-bond acceptors (Lipinski definition) is 6. The number of aromatic amines is 1. The Balaban J connectivity index is 1.79. The standard InChI is InChI=1S/C30H34FN5O4S/c1-34(2)16-17-36(41(5,39)40)24-13-11-23(12-14-24)32-29(21-8-6-20(7-9-21)18-27(37)35(3)4)28-25-15-10-22(31)19-26(25)33-30(28)38/h6-15,19,33,38H,16-18H2,1-5H3. The molecule has 0 aliphatic heterocycles. The van der Waals surface area contributed by atoms with E-state index >= 15 is 0 Å². The summed E-state index contributed by atoms with van der Waals surface area (Å²) in [6.07, 6.45) is 1.41. The fourth-order valence-corrected chi connectivity index (χ4v) is 5.29. The zero-order valence-electron chi connectivity index (χ0n) is 23.7. The average molecular weight is 580 g/mol. The van der Waals surface area contributed by atoms with Crippen LogP contribution in [0, 0.1) is 5.82 Å². The molecular weight excluding hydrogens is 545 g/mol. The van der Waals surface area contributed by atoms with E-state index in [0.29, 0.717) is 52.2 Å². The second-order valence-electron chi connectivity index (χ2n) is 10.3. The smallest absolute Gasteiger partial charge is 0.232 e. The Morgan fingerprint density at radius 1 is 0.951 bits per heavy atom. The summed E-state index contributed by atoms with van der Waals surface area (Å²) in [5.41, 5.74) is 3.75. The normalized spacial score (nSPS) is 12.2. The van der Waals surface area contributed by atoms with Gasteiger partial charge >= 0.3 is 0 Å². The average Bonchev–Trinajstić information content (AvgIpc) is 3.22. The Kier molecular flexibility index (Phi) is 8.79. The van der Waals surface area contributed by atoms with E-state index in [4.69, 9.17) is 4.99 Å². The molecule has 0 fully saturated rings. The number of fused-ring (bicyclic) bond motifs is 1. The lowest BCUT2D eigenvalue weighted by molar-refractivity contribution is -0.127. The van der Waals surface area contributed by atoms with E-state index in [1.54, 1.807) is 44.4 Å². The van der Waals surface area contributed by atoms with E-state index < -0.39 is 15.8 Å². The van der Waals surface area contributed by atoms with E-state index in [-0.39, 0.29) is 18.2 Å². The van der Waals surface area contributed by atoms with Gasteiger partial charge < -0.3 is 19.9 Å². The number of aromatic hydroxyl groups is 1. The number of carbonyl (C=O) groups excluding carboxylic acids is 1. The Morgan fingerprint density at radius 3 is 2.20 bits per heavy atom. The number of benzene rings is 3. The van der Waals surface area contributed by atoms with Gasteiger partial charge in [0, 0.05) is 38.1 Å². The van der Waals surface area contributed by atoms with E-state index in [9.17, 15) is 22.7 Å². The van der Waals surface area contributed by atoms with Crippen LogP contribution in [0.15, 0.2) is 71.7 Å². The molecule has 9 nitrogen and oxygen atoms in total. The van der Waals surface area contributed by atoms with Crippen molar-refractivity contribution >= 4 is 43.9 Å². The van der Waals surface area contributed by atoms with E-state index in [1.165, 1.54) is 27.6 Å². The van der Waals surface area contributed by atoms with Crippen LogP contribution in [0.25, 0.3) is 10.9 Å². The summed E-state index contributed by atoms with van der Waals surface area (Å²) in [5.74, 6) is -0.643. The molecular formula is C30H34FN5O4S. The molecule has 0 atom stereocenters. The predicted octanol–water partition coefficient (Wildman–Crippen LogP) is 4.14. The van der Waals surface area contributed by atoms with Gasteiger partial charge in [0.05, 0.1) is 40.8 Å². The van der Waals surface area contributed by atoms with Crippen LogP contribution in [0.2, 0.25) is 0 Å². The minimum absolute atomic E-state index is 0.0308. The van der Waals surface area contributed by atoms with Gasteiger partial charge in [-0.2, -0.15) is 0 Å². The van der Waals surface area contributed by atoms with Crippen molar-refractivity contribution in [2.45, 2.75) is 6.42 Å². The third-order valence-corrected chi connectivity index (χ3v) is 7.78. The number of aromatic nitrogens is 1. The van der Waals surface area contributed by atoms with Crippen LogP contribution < -0.4 is 4.31 Å². The van der Waals surface area contributed by atoms with Crippen LogP contribution in [0.5, 0.6) is 5.88 Å². The monoisotopic (exact) mass is 579 g/mol. The molecule has 41 heavy (non-hydrogen) atoms. The minimum Gasteiger partial charge on any atom is -0.494 e. The van der Waals surface area contributed by atoms with Crippen molar-refractivity contribution in [2.24, 2.45) is 4.99 Å². The number of sulfonamides is 1. The number of carbonyl (C=O) groups is 1. The highest BCUT2D eigenvalue weighted by Gasteiger charge is 2.21. The summed E-state index contributed by atoms with van der Waals surface area (Å²) in [7, 11) is 3.65. The highest BCUT2D eigenvalue weighted by molar-refractivity contribution is 7.92. The lowest BCUT2D eigenvalue weighted by Gasteiger charge is -2.24. The maximum atomic E-state index is 13.9. The SMILES string of the molecule is CN(C)CCN(c1ccc(N=C(c2ccc(CC(=O)N(C)C)cc2)c2c(O)[nH]c3cc(F)ccc23)cc1)S(C)(=O)=O. The van der Waals surface area contributed by atoms with Gasteiger partial charge in [0.2, 0.25) is 15.9 Å². The lowest BCUT2D eigenvalue weighted by Crippen LogP contribution is -2.35. The second-order valence-corrected chi connectivity index (χ2v) is 12.2. The Hall–Kier alpha value is -4.22. The van der Waals surface area contributed by atoms with Crippen LogP contribution >= 0.6 is 0 Å². The first-order valence-corrected chi connectivity index (χ1v) is 14.8. The van der Waals surface area contributed by atoms with Crippen molar-refractivity contribution in [1.82, 2.24) is 14.8 Å². The lowest BCUT2D eigenvalue weighted by atomic mass is 9.99. The van der Waals surface area contributed by atoms with Gasteiger partial charge in [0.25, 0.3) is 0 Å². The minimum atomic E-state index is -3.50. The van der Waals surface area contributed by atoms with Crippen molar-refractivity contribution in [1.29, 1.82) is 0 Å². The molecule has 4 rings (SSSR count). The summed E-state index contributed by atoms with van der Waals surface area (Å²) < 4.78 is 40.2. The molecule has 0 radical (unpaired) electrons. The summed E-state index contributed by atoms with van der Waals surface area (Å²) in [5, 5.41) is 11.5. The molecule has 3 aromatic carbocycles. The van der Waals surface area contributed by atoms with Gasteiger partial charge in [-0.25, -0.2) is 17.8 Å². The molecule has 1 heterocycles. The van der Waals surface area contributed by atoms with E-state index in [1.807, 2.05) is 43.3 Å². The highest BCUT2D eigenvalue weighted by Crippen LogP contribution is 2.32. The fourth-order valence-electron chi connectivity index (χ4n) is 4.37. The molecule has 0 spiro atoms. The number of rotatable bonds is 10. The van der Waals surface area contributed by atoms with Crippen molar-refractivity contribution in [3.05, 3.63) is 89.2 Å². The molecule has 216 valence electrons. The molecule has 4 aromatic rings. The van der Waals surface area contributed by atoms with Crippen molar-refractivity contribution in [2.75, 3.05) is 51.8 Å². The van der Waals surface area contributed by atoms with Crippen LogP contribution in [-0.4, -0.2) is 87.5 Å². The number of hydrogen-bond donors (Lipinski definition) is 2. The Bertz CT molecular complexity index is 1680. The molecule has 0 saturated heterocycles. The number of H-pyrrole nitrogens is 1. The van der Waals surface area contributed by atoms with Gasteiger partial charge in [-0.15, -0.1) is 0 Å². The largest absolute Gasteiger partial charge is 0.494 e. The van der Waals surface area contributed by atoms with Crippen LogP contribution in [-0.2, 0) is 21.2 Å². The first-order chi connectivity index (χ1) is 19.3. The molecule has 0 saturated carbocycles. The maximum Gasteiger partial charge on any atom is 0.232 e. The predicted molar refractivity (Wildman–Crippen MR) is 161 cm³/mol. The van der Waals surface area contributed by atoms with Crippen LogP contribution in [0.3, 0.4) is 0 Å². The topological polar surface area (TPSA) is 109 Å². The Labute approximate surface area is 239 Å². The first kappa shape index (κ1) is 29.8. The third-order valence-electron chi connectivity index (χ3n) is 6.59. The zero-order valence-corrected chi connectivity index (χ0v) is 24.5. The Morgan fingerprint density at radius 2 is 1.61 bits per heavy atom. The van der Waals surface area contributed by atoms with Crippen molar-refractivity contribution in [3.8, 4) is 5.88 Å². The molecule has 0 aliphatic carbocycles. The molecule has 0 unspecified atom stereocenters. The van der Waals surface area contributed by atoms with Crippen molar-refractivity contribution < 1.29 is 22.7 Å². The molecule has 0 bridgehead atoms. The number of likely N-dealkylation sites (N-methyl/N-ethyl adjacent to an activating group) is 2. The first-order valence-electron chi connectivity index (χ1n) is 12.9. The fraction of sp³-hybridized carbons (Fsp3) is 0.267. The zero-order chi connectivity index (χ0) is 29.9. The van der Waals surface area contributed by atoms with E-state index in [2.05, 4.69) is 4.98 Å². The maximum absolute atomic E-state index is 13.9. The number of anilines is 1. The van der Waals surface area contributed by atoms with Crippen molar-refractivity contribution in [3.63, 3.8) is 0 Å². The summed E-state index contributed by atoms with van der Waals surface area (Å²) in [4.78, 5) is 23.3.